The van der Waals surface area contributed by atoms with Crippen molar-refractivity contribution in [3.63, 3.8) is 0 Å². The van der Waals surface area contributed by atoms with E-state index in [1.165, 1.54) is 0 Å². The minimum Gasteiger partial charge on any atom is -0.465 e. The lowest BCUT2D eigenvalue weighted by Crippen LogP contribution is -2.73. The zero-order valence-electron chi connectivity index (χ0n) is 16.3. The van der Waals surface area contributed by atoms with Gasteiger partial charge in [0.25, 0.3) is 0 Å². The van der Waals surface area contributed by atoms with Gasteiger partial charge in [0.15, 0.2) is 5.78 Å². The predicted octanol–water partition coefficient (Wildman–Crippen LogP) is 3.43. The first-order valence-electron chi connectivity index (χ1n) is 10.5. The van der Waals surface area contributed by atoms with Crippen molar-refractivity contribution in [2.45, 2.75) is 58.0 Å². The van der Waals surface area contributed by atoms with E-state index in [1.807, 2.05) is 0 Å². The number of cyclic esters (lactones) is 1. The van der Waals surface area contributed by atoms with Crippen LogP contribution in [0.15, 0.2) is 12.2 Å². The third-order valence-electron chi connectivity index (χ3n) is 9.00. The van der Waals surface area contributed by atoms with Crippen LogP contribution >= 0.6 is 11.6 Å². The number of hydrogen-bond donors (Lipinski definition) is 0. The Balaban J connectivity index is 1.69. The molecule has 5 nitrogen and oxygen atoms in total. The highest BCUT2D eigenvalue weighted by Gasteiger charge is 2.76. The van der Waals surface area contributed by atoms with Gasteiger partial charge in [0, 0.05) is 5.41 Å². The molecule has 5 saturated carbocycles. The van der Waals surface area contributed by atoms with E-state index in [4.69, 9.17) is 21.1 Å². The molecular weight excluding hydrogens is 380 g/mol. The minimum atomic E-state index is -0.849. The Morgan fingerprint density at radius 3 is 2.75 bits per heavy atom. The number of carbonyl (C=O) groups is 3. The first-order chi connectivity index (χ1) is 13.3. The standard InChI is InChI=1S/C22H27ClO5/c1-12-13-4-7-22(18(12)25)15(8-13)21-6-3-5-20(2,11-27-19(21)26)14(21)9-16(22)28-17(24)10-23/h13-16H,1,3-11H2,2H3/t13-,14?,15?,16+,20-,21-,22+/m0/s1. The van der Waals surface area contributed by atoms with Crippen LogP contribution in [0.25, 0.3) is 0 Å². The molecule has 1 heterocycles. The van der Waals surface area contributed by atoms with Crippen molar-refractivity contribution < 1.29 is 23.9 Å². The Hall–Kier alpha value is -1.36. The smallest absolute Gasteiger partial charge is 0.321 e. The lowest BCUT2D eigenvalue weighted by Gasteiger charge is -2.69. The van der Waals surface area contributed by atoms with Crippen molar-refractivity contribution in [2.24, 2.45) is 34.0 Å². The molecule has 0 aromatic rings. The van der Waals surface area contributed by atoms with E-state index >= 15 is 0 Å². The van der Waals surface area contributed by atoms with E-state index in [1.54, 1.807) is 0 Å². The highest BCUT2D eigenvalue weighted by atomic mass is 35.5. The summed E-state index contributed by atoms with van der Waals surface area (Å²) in [6, 6.07) is 0. The summed E-state index contributed by atoms with van der Waals surface area (Å²) in [5.41, 5.74) is -0.967. The molecule has 0 radical (unpaired) electrons. The number of rotatable bonds is 2. The minimum absolute atomic E-state index is 0.00541. The maximum absolute atomic E-state index is 13.6. The number of allylic oxidation sites excluding steroid dienone is 1. The summed E-state index contributed by atoms with van der Waals surface area (Å²) in [5.74, 6) is -0.798. The second kappa shape index (κ2) is 5.84. The molecule has 28 heavy (non-hydrogen) atoms. The van der Waals surface area contributed by atoms with Crippen molar-refractivity contribution in [3.05, 3.63) is 12.2 Å². The largest absolute Gasteiger partial charge is 0.465 e. The molecule has 5 aliphatic carbocycles. The number of esters is 2. The Labute approximate surface area is 170 Å². The Kier molecular flexibility index (Phi) is 3.89. The average molecular weight is 407 g/mol. The van der Waals surface area contributed by atoms with Gasteiger partial charge in [-0.1, -0.05) is 19.9 Å². The molecule has 6 heteroatoms. The van der Waals surface area contributed by atoms with E-state index in [-0.39, 0.29) is 40.8 Å². The van der Waals surface area contributed by atoms with Crippen LogP contribution in [0.3, 0.4) is 0 Å². The molecule has 2 unspecified atom stereocenters. The monoisotopic (exact) mass is 406 g/mol. The highest BCUT2D eigenvalue weighted by molar-refractivity contribution is 6.26. The number of halogens is 1. The molecule has 1 saturated heterocycles. The number of hydrogen-bond acceptors (Lipinski definition) is 5. The summed E-state index contributed by atoms with van der Waals surface area (Å²) in [4.78, 5) is 39.1. The SMILES string of the molecule is C=C1C(=O)[C@]23CC[C@H]1CC2[C@@]12CCC[C@@](C)(COC1=O)C2C[C@H]3OC(=O)CCl. The van der Waals surface area contributed by atoms with Crippen molar-refractivity contribution in [1.29, 1.82) is 0 Å². The number of alkyl halides is 1. The van der Waals surface area contributed by atoms with Crippen molar-refractivity contribution in [3.8, 4) is 0 Å². The molecule has 1 spiro atoms. The first-order valence-corrected chi connectivity index (χ1v) is 11.0. The Morgan fingerprint density at radius 1 is 1.21 bits per heavy atom. The van der Waals surface area contributed by atoms with Crippen molar-refractivity contribution >= 4 is 29.3 Å². The van der Waals surface area contributed by atoms with Crippen LogP contribution in [-0.2, 0) is 23.9 Å². The topological polar surface area (TPSA) is 69.7 Å². The second-order valence-electron chi connectivity index (χ2n) is 9.94. The lowest BCUT2D eigenvalue weighted by molar-refractivity contribution is -0.257. The maximum Gasteiger partial charge on any atom is 0.321 e. The number of ketones is 1. The molecule has 6 fully saturated rings. The van der Waals surface area contributed by atoms with Crippen LogP contribution < -0.4 is 0 Å². The molecule has 0 N–H and O–H groups in total. The van der Waals surface area contributed by atoms with Gasteiger partial charge in [-0.05, 0) is 61.9 Å². The van der Waals surface area contributed by atoms with Gasteiger partial charge in [0.2, 0.25) is 0 Å². The second-order valence-corrected chi connectivity index (χ2v) is 10.2. The van der Waals surface area contributed by atoms with E-state index in [9.17, 15) is 14.4 Å². The van der Waals surface area contributed by atoms with Gasteiger partial charge < -0.3 is 9.47 Å². The van der Waals surface area contributed by atoms with Crippen LogP contribution in [0.2, 0.25) is 0 Å². The number of ether oxygens (including phenoxy) is 2. The number of Topliss-reactive ketones (excluding diaryl/α,β-unsaturated/α-hetero) is 1. The van der Waals surface area contributed by atoms with Crippen LogP contribution in [0, 0.1) is 34.0 Å². The Morgan fingerprint density at radius 2 is 2.00 bits per heavy atom. The third-order valence-corrected chi connectivity index (χ3v) is 9.22. The molecule has 7 atom stereocenters. The molecule has 152 valence electrons. The van der Waals surface area contributed by atoms with Crippen molar-refractivity contribution in [1.82, 2.24) is 0 Å². The van der Waals surface area contributed by atoms with E-state index in [0.717, 1.165) is 32.1 Å². The van der Waals surface area contributed by atoms with Crippen LogP contribution in [0.4, 0.5) is 0 Å². The molecule has 6 rings (SSSR count). The van der Waals surface area contributed by atoms with Gasteiger partial charge >= 0.3 is 11.9 Å². The molecule has 0 amide bonds. The van der Waals surface area contributed by atoms with Crippen molar-refractivity contribution in [2.75, 3.05) is 12.5 Å². The Bertz CT molecular complexity index is 792. The molecule has 6 aliphatic rings. The summed E-state index contributed by atoms with van der Waals surface area (Å²) < 4.78 is 11.6. The molecule has 0 aromatic carbocycles. The van der Waals surface area contributed by atoms with E-state index < -0.39 is 22.9 Å². The fraction of sp³-hybridized carbons (Fsp3) is 0.773. The zero-order valence-corrected chi connectivity index (χ0v) is 17.1. The number of carbonyl (C=O) groups excluding carboxylic acids is 3. The van der Waals surface area contributed by atoms with Gasteiger partial charge in [-0.2, -0.15) is 0 Å². The van der Waals surface area contributed by atoms with E-state index in [0.29, 0.717) is 25.0 Å². The third kappa shape index (κ3) is 2.02. The van der Waals surface area contributed by atoms with Crippen LogP contribution in [0.1, 0.15) is 51.9 Å². The fourth-order valence-corrected chi connectivity index (χ4v) is 7.90. The molecule has 4 bridgehead atoms. The summed E-state index contributed by atoms with van der Waals surface area (Å²) in [6.45, 7) is 6.69. The van der Waals surface area contributed by atoms with Gasteiger partial charge in [-0.25, -0.2) is 0 Å². The first kappa shape index (κ1) is 18.7. The van der Waals surface area contributed by atoms with Gasteiger partial charge in [0.05, 0.1) is 17.4 Å². The molecule has 0 aromatic heterocycles. The quantitative estimate of drug-likeness (QED) is 0.399. The van der Waals surface area contributed by atoms with Crippen LogP contribution in [-0.4, -0.2) is 36.3 Å². The normalized spacial score (nSPS) is 49.1. The highest BCUT2D eigenvalue weighted by Crippen LogP contribution is 2.73. The molecule has 1 aliphatic heterocycles. The number of fused-ring (bicyclic) bond motifs is 2. The average Bonchev–Trinajstić information content (AvgIpc) is 2.69. The zero-order chi connectivity index (χ0) is 19.9. The van der Waals surface area contributed by atoms with E-state index in [2.05, 4.69) is 13.5 Å². The summed E-state index contributed by atoms with van der Waals surface area (Å²) in [6.07, 6.45) is 5.02. The maximum atomic E-state index is 13.6. The summed E-state index contributed by atoms with van der Waals surface area (Å²) in [7, 11) is 0. The molecular formula is C22H27ClO5. The van der Waals surface area contributed by atoms with Gasteiger partial charge in [-0.3, -0.25) is 14.4 Å². The summed E-state index contributed by atoms with van der Waals surface area (Å²) >= 11 is 5.74. The van der Waals surface area contributed by atoms with Crippen LogP contribution in [0.5, 0.6) is 0 Å². The predicted molar refractivity (Wildman–Crippen MR) is 101 cm³/mol. The van der Waals surface area contributed by atoms with Gasteiger partial charge in [0.1, 0.15) is 12.0 Å². The van der Waals surface area contributed by atoms with Gasteiger partial charge in [-0.15, -0.1) is 11.6 Å². The summed E-state index contributed by atoms with van der Waals surface area (Å²) in [5, 5.41) is 0. The fourth-order valence-electron chi connectivity index (χ4n) is 7.83. The lowest BCUT2D eigenvalue weighted by atomic mass is 9.35.